The van der Waals surface area contributed by atoms with Crippen LogP contribution in [0.25, 0.3) is 0 Å². The van der Waals surface area contributed by atoms with Crippen LogP contribution < -0.4 is 5.32 Å². The molecule has 7 heteroatoms. The molecule has 1 saturated carbocycles. The molecular weight excluding hydrogens is 285 g/mol. The quantitative estimate of drug-likeness (QED) is 0.912. The Morgan fingerprint density at radius 2 is 2.00 bits per heavy atom. The summed E-state index contributed by atoms with van der Waals surface area (Å²) in [5.74, 6) is -1.12. The maximum absolute atomic E-state index is 12.5. The van der Waals surface area contributed by atoms with Crippen LogP contribution in [0.15, 0.2) is 6.20 Å². The summed E-state index contributed by atoms with van der Waals surface area (Å²) >= 11 is 7.15. The van der Waals surface area contributed by atoms with Gasteiger partial charge in [0.1, 0.15) is 9.34 Å². The molecule has 0 bridgehead atoms. The Kier molecular flexibility index (Phi) is 4.50. The molecule has 1 heterocycles. The predicted molar refractivity (Wildman–Crippen MR) is 65.8 cm³/mol. The molecule has 0 atom stereocenters. The van der Waals surface area contributed by atoms with E-state index < -0.39 is 12.1 Å². The number of nitrogens with one attached hydrogen (secondary N) is 1. The van der Waals surface area contributed by atoms with Gasteiger partial charge in [0.25, 0.3) is 0 Å². The summed E-state index contributed by atoms with van der Waals surface area (Å²) < 4.78 is 38.1. The van der Waals surface area contributed by atoms with Crippen LogP contribution in [0.3, 0.4) is 0 Å². The molecule has 0 saturated heterocycles. The van der Waals surface area contributed by atoms with E-state index >= 15 is 0 Å². The van der Waals surface area contributed by atoms with E-state index in [9.17, 15) is 13.2 Å². The summed E-state index contributed by atoms with van der Waals surface area (Å²) in [7, 11) is 0. The predicted octanol–water partition coefficient (Wildman–Crippen LogP) is 4.01. The molecule has 1 N–H and O–H groups in total. The van der Waals surface area contributed by atoms with Crippen LogP contribution in [0, 0.1) is 5.92 Å². The normalized spacial score (nSPS) is 25.3. The van der Waals surface area contributed by atoms with Crippen molar-refractivity contribution in [3.63, 3.8) is 0 Å². The van der Waals surface area contributed by atoms with E-state index in [1.807, 2.05) is 0 Å². The second-order valence-corrected chi connectivity index (χ2v) is 6.28. The first-order valence-electron chi connectivity index (χ1n) is 5.85. The molecule has 0 aromatic carbocycles. The lowest BCUT2D eigenvalue weighted by atomic mass is 9.85. The van der Waals surface area contributed by atoms with E-state index in [1.165, 1.54) is 11.3 Å². The number of nitrogens with zero attached hydrogens (tertiary/aromatic N) is 1. The number of thiazole rings is 1. The summed E-state index contributed by atoms with van der Waals surface area (Å²) in [4.78, 5) is 4.10. The lowest BCUT2D eigenvalue weighted by molar-refractivity contribution is -0.182. The third-order valence-corrected chi connectivity index (χ3v) is 4.37. The van der Waals surface area contributed by atoms with Crippen LogP contribution in [0.1, 0.15) is 30.7 Å². The van der Waals surface area contributed by atoms with Crippen molar-refractivity contribution in [2.75, 3.05) is 0 Å². The van der Waals surface area contributed by atoms with E-state index in [2.05, 4.69) is 10.3 Å². The van der Waals surface area contributed by atoms with Gasteiger partial charge in [0.2, 0.25) is 0 Å². The standard InChI is InChI=1S/C11H14ClF3N2S/c12-9-5-17-10(18-9)6-16-8-3-1-7(2-4-8)11(13,14)15/h5,7-8,16H,1-4,6H2. The zero-order valence-electron chi connectivity index (χ0n) is 9.63. The lowest BCUT2D eigenvalue weighted by Crippen LogP contribution is -2.36. The Morgan fingerprint density at radius 1 is 1.33 bits per heavy atom. The van der Waals surface area contributed by atoms with E-state index in [1.54, 1.807) is 6.20 Å². The van der Waals surface area contributed by atoms with Crippen LogP contribution in [0.5, 0.6) is 0 Å². The minimum Gasteiger partial charge on any atom is -0.308 e. The van der Waals surface area contributed by atoms with E-state index in [0.717, 1.165) is 5.01 Å². The van der Waals surface area contributed by atoms with Crippen molar-refractivity contribution in [1.29, 1.82) is 0 Å². The van der Waals surface area contributed by atoms with E-state index in [0.29, 0.717) is 23.7 Å². The van der Waals surface area contributed by atoms with Gasteiger partial charge in [-0.15, -0.1) is 11.3 Å². The summed E-state index contributed by atoms with van der Waals surface area (Å²) in [6.45, 7) is 0.582. The highest BCUT2D eigenvalue weighted by atomic mass is 35.5. The van der Waals surface area contributed by atoms with Gasteiger partial charge in [-0.3, -0.25) is 0 Å². The molecule has 102 valence electrons. The average molecular weight is 299 g/mol. The molecule has 0 radical (unpaired) electrons. The highest BCUT2D eigenvalue weighted by Crippen LogP contribution is 2.37. The summed E-state index contributed by atoms with van der Waals surface area (Å²) in [5.41, 5.74) is 0. The van der Waals surface area contributed by atoms with Crippen LogP contribution in [-0.2, 0) is 6.54 Å². The monoisotopic (exact) mass is 298 g/mol. The topological polar surface area (TPSA) is 24.9 Å². The summed E-state index contributed by atoms with van der Waals surface area (Å²) in [5, 5.41) is 4.12. The first kappa shape index (κ1) is 14.1. The lowest BCUT2D eigenvalue weighted by Gasteiger charge is -2.30. The number of rotatable bonds is 3. The van der Waals surface area contributed by atoms with Gasteiger partial charge < -0.3 is 5.32 Å². The Hall–Kier alpha value is -0.330. The largest absolute Gasteiger partial charge is 0.391 e. The van der Waals surface area contributed by atoms with Gasteiger partial charge >= 0.3 is 6.18 Å². The van der Waals surface area contributed by atoms with Crippen LogP contribution >= 0.6 is 22.9 Å². The van der Waals surface area contributed by atoms with Crippen molar-refractivity contribution in [3.8, 4) is 0 Å². The van der Waals surface area contributed by atoms with Gasteiger partial charge in [-0.1, -0.05) is 11.6 Å². The molecule has 1 aliphatic rings. The molecule has 0 amide bonds. The smallest absolute Gasteiger partial charge is 0.308 e. The fourth-order valence-electron chi connectivity index (χ4n) is 2.23. The SMILES string of the molecule is FC(F)(F)C1CCC(NCc2ncc(Cl)s2)CC1. The Morgan fingerprint density at radius 3 is 2.50 bits per heavy atom. The Labute approximate surface area is 113 Å². The molecule has 0 unspecified atom stereocenters. The zero-order valence-corrected chi connectivity index (χ0v) is 11.2. The van der Waals surface area contributed by atoms with Gasteiger partial charge in [0.05, 0.1) is 12.1 Å². The molecule has 0 spiro atoms. The molecular formula is C11H14ClF3N2S. The van der Waals surface area contributed by atoms with Crippen molar-refractivity contribution in [2.45, 2.75) is 44.4 Å². The van der Waals surface area contributed by atoms with Crippen molar-refractivity contribution in [2.24, 2.45) is 5.92 Å². The van der Waals surface area contributed by atoms with E-state index in [4.69, 9.17) is 11.6 Å². The van der Waals surface area contributed by atoms with Crippen LogP contribution in [0.4, 0.5) is 13.2 Å². The summed E-state index contributed by atoms with van der Waals surface area (Å²) in [6, 6.07) is 0.159. The zero-order chi connectivity index (χ0) is 13.2. The van der Waals surface area contributed by atoms with Crippen LogP contribution in [-0.4, -0.2) is 17.2 Å². The highest BCUT2D eigenvalue weighted by molar-refractivity contribution is 7.15. The van der Waals surface area contributed by atoms with Crippen molar-refractivity contribution in [3.05, 3.63) is 15.5 Å². The van der Waals surface area contributed by atoms with E-state index in [-0.39, 0.29) is 18.9 Å². The fraction of sp³-hybridized carbons (Fsp3) is 0.727. The molecule has 1 fully saturated rings. The first-order valence-corrected chi connectivity index (χ1v) is 7.05. The third kappa shape index (κ3) is 3.83. The minimum absolute atomic E-state index is 0.159. The number of alkyl halides is 3. The first-order chi connectivity index (χ1) is 8.45. The molecule has 2 nitrogen and oxygen atoms in total. The minimum atomic E-state index is -4.03. The molecule has 1 aromatic rings. The average Bonchev–Trinajstić information content (AvgIpc) is 2.72. The molecule has 1 aliphatic carbocycles. The molecule has 18 heavy (non-hydrogen) atoms. The number of halogens is 4. The van der Waals surface area contributed by atoms with Gasteiger partial charge in [-0.05, 0) is 25.7 Å². The third-order valence-electron chi connectivity index (χ3n) is 3.26. The van der Waals surface area contributed by atoms with Crippen molar-refractivity contribution < 1.29 is 13.2 Å². The number of aromatic nitrogens is 1. The second-order valence-electron chi connectivity index (χ2n) is 4.53. The Bertz CT molecular complexity index is 386. The van der Waals surface area contributed by atoms with Gasteiger partial charge in [0, 0.05) is 12.6 Å². The number of hydrogen-bond donors (Lipinski definition) is 1. The van der Waals surface area contributed by atoms with Crippen molar-refractivity contribution in [1.82, 2.24) is 10.3 Å². The Balaban J connectivity index is 1.74. The highest BCUT2D eigenvalue weighted by Gasteiger charge is 2.41. The van der Waals surface area contributed by atoms with Crippen molar-refractivity contribution >= 4 is 22.9 Å². The van der Waals surface area contributed by atoms with Gasteiger partial charge in [0.15, 0.2) is 0 Å². The number of hydrogen-bond acceptors (Lipinski definition) is 3. The van der Waals surface area contributed by atoms with Gasteiger partial charge in [-0.25, -0.2) is 4.98 Å². The van der Waals surface area contributed by atoms with Gasteiger partial charge in [-0.2, -0.15) is 13.2 Å². The molecule has 1 aromatic heterocycles. The molecule has 0 aliphatic heterocycles. The second kappa shape index (κ2) is 5.75. The summed E-state index contributed by atoms with van der Waals surface area (Å²) in [6.07, 6.45) is -0.857. The van der Waals surface area contributed by atoms with Crippen LogP contribution in [0.2, 0.25) is 4.34 Å². The maximum Gasteiger partial charge on any atom is 0.391 e. The fourth-order valence-corrected chi connectivity index (χ4v) is 3.13. The maximum atomic E-state index is 12.5. The molecule has 2 rings (SSSR count).